The van der Waals surface area contributed by atoms with Crippen LogP contribution in [0.25, 0.3) is 28.3 Å². The molecular formula is C24H24FN3O. The van der Waals surface area contributed by atoms with Gasteiger partial charge >= 0.3 is 0 Å². The van der Waals surface area contributed by atoms with Crippen LogP contribution in [-0.4, -0.2) is 28.3 Å². The van der Waals surface area contributed by atoms with E-state index < -0.39 is 0 Å². The maximum atomic E-state index is 13.3. The lowest BCUT2D eigenvalue weighted by Crippen LogP contribution is -2.17. The van der Waals surface area contributed by atoms with Crippen LogP contribution in [0.1, 0.15) is 18.1 Å². The van der Waals surface area contributed by atoms with Crippen LogP contribution in [0, 0.1) is 12.7 Å². The maximum absolute atomic E-state index is 13.3. The number of hydrogen-bond acceptors (Lipinski definition) is 3. The van der Waals surface area contributed by atoms with Crippen molar-refractivity contribution >= 4 is 0 Å². The van der Waals surface area contributed by atoms with Crippen molar-refractivity contribution in [3.8, 4) is 28.3 Å². The Morgan fingerprint density at radius 2 is 1.90 bits per heavy atom. The smallest absolute Gasteiger partial charge is 0.152 e. The van der Waals surface area contributed by atoms with E-state index in [1.54, 1.807) is 18.4 Å². The van der Waals surface area contributed by atoms with Crippen LogP contribution in [0.4, 0.5) is 4.39 Å². The zero-order valence-electron chi connectivity index (χ0n) is 16.9. The SMILES string of the molecule is CCN(C)Cc1cnn(-c2ccc(-c3ccc(F)cc3)c(C)c2)c1-c1ccco1. The van der Waals surface area contributed by atoms with E-state index in [4.69, 9.17) is 4.42 Å². The molecule has 2 aromatic heterocycles. The van der Waals surface area contributed by atoms with E-state index in [-0.39, 0.29) is 5.82 Å². The molecule has 5 heteroatoms. The summed E-state index contributed by atoms with van der Waals surface area (Å²) < 4.78 is 20.9. The van der Waals surface area contributed by atoms with Crippen LogP contribution in [0.2, 0.25) is 0 Å². The van der Waals surface area contributed by atoms with E-state index in [0.29, 0.717) is 0 Å². The van der Waals surface area contributed by atoms with E-state index in [1.807, 2.05) is 29.1 Å². The van der Waals surface area contributed by atoms with E-state index >= 15 is 0 Å². The van der Waals surface area contributed by atoms with Crippen LogP contribution >= 0.6 is 0 Å². The molecule has 4 rings (SSSR count). The minimum atomic E-state index is -0.229. The average molecular weight is 389 g/mol. The molecule has 148 valence electrons. The number of aromatic nitrogens is 2. The molecule has 2 aromatic carbocycles. The number of benzene rings is 2. The maximum Gasteiger partial charge on any atom is 0.152 e. The van der Waals surface area contributed by atoms with Gasteiger partial charge in [0.15, 0.2) is 5.76 Å². The van der Waals surface area contributed by atoms with Gasteiger partial charge in [-0.25, -0.2) is 9.07 Å². The van der Waals surface area contributed by atoms with Gasteiger partial charge in [0.05, 0.1) is 18.1 Å². The zero-order valence-corrected chi connectivity index (χ0v) is 16.9. The van der Waals surface area contributed by atoms with Crippen molar-refractivity contribution in [2.75, 3.05) is 13.6 Å². The summed E-state index contributed by atoms with van der Waals surface area (Å²) in [7, 11) is 2.09. The quantitative estimate of drug-likeness (QED) is 0.424. The summed E-state index contributed by atoms with van der Waals surface area (Å²) >= 11 is 0. The molecule has 0 saturated carbocycles. The molecule has 0 aliphatic heterocycles. The fourth-order valence-electron chi connectivity index (χ4n) is 3.51. The van der Waals surface area contributed by atoms with Gasteiger partial charge in [-0.3, -0.25) is 0 Å². The predicted octanol–water partition coefficient (Wildman–Crippen LogP) is 5.70. The first-order valence-electron chi connectivity index (χ1n) is 9.73. The lowest BCUT2D eigenvalue weighted by Gasteiger charge is -2.15. The van der Waals surface area contributed by atoms with Gasteiger partial charge in [-0.05, 0) is 73.6 Å². The van der Waals surface area contributed by atoms with E-state index in [9.17, 15) is 4.39 Å². The van der Waals surface area contributed by atoms with Crippen LogP contribution in [0.3, 0.4) is 0 Å². The fourth-order valence-corrected chi connectivity index (χ4v) is 3.51. The number of furan rings is 1. The first-order chi connectivity index (χ1) is 14.1. The molecule has 0 N–H and O–H groups in total. The first-order valence-corrected chi connectivity index (χ1v) is 9.73. The topological polar surface area (TPSA) is 34.2 Å². The lowest BCUT2D eigenvalue weighted by molar-refractivity contribution is 0.346. The molecule has 0 spiro atoms. The largest absolute Gasteiger partial charge is 0.463 e. The van der Waals surface area contributed by atoms with Crippen molar-refractivity contribution in [2.24, 2.45) is 0 Å². The molecule has 0 aliphatic carbocycles. The molecule has 2 heterocycles. The van der Waals surface area contributed by atoms with Crippen molar-refractivity contribution in [1.82, 2.24) is 14.7 Å². The van der Waals surface area contributed by atoms with Crippen molar-refractivity contribution in [3.63, 3.8) is 0 Å². The molecule has 0 radical (unpaired) electrons. The molecule has 0 unspecified atom stereocenters. The van der Waals surface area contributed by atoms with Crippen molar-refractivity contribution in [3.05, 3.63) is 84.0 Å². The summed E-state index contributed by atoms with van der Waals surface area (Å²) in [4.78, 5) is 2.23. The highest BCUT2D eigenvalue weighted by Crippen LogP contribution is 2.30. The van der Waals surface area contributed by atoms with Crippen molar-refractivity contribution in [1.29, 1.82) is 0 Å². The Hall–Kier alpha value is -3.18. The molecule has 0 saturated heterocycles. The van der Waals surface area contributed by atoms with Crippen molar-refractivity contribution in [2.45, 2.75) is 20.4 Å². The summed E-state index contributed by atoms with van der Waals surface area (Å²) in [6, 6.07) is 16.6. The molecule has 0 bridgehead atoms. The van der Waals surface area contributed by atoms with Gasteiger partial charge < -0.3 is 9.32 Å². The average Bonchev–Trinajstić information content (AvgIpc) is 3.38. The number of hydrogen-bond donors (Lipinski definition) is 0. The summed E-state index contributed by atoms with van der Waals surface area (Å²) in [6.45, 7) is 5.94. The van der Waals surface area contributed by atoms with Crippen LogP contribution in [0.5, 0.6) is 0 Å². The third-order valence-electron chi connectivity index (χ3n) is 5.19. The summed E-state index contributed by atoms with van der Waals surface area (Å²) in [6.07, 6.45) is 3.59. The Morgan fingerprint density at radius 1 is 1.10 bits per heavy atom. The highest BCUT2D eigenvalue weighted by molar-refractivity contribution is 5.69. The Balaban J connectivity index is 1.77. The molecule has 29 heavy (non-hydrogen) atoms. The molecule has 0 fully saturated rings. The van der Waals surface area contributed by atoms with E-state index in [2.05, 4.69) is 43.0 Å². The van der Waals surface area contributed by atoms with Gasteiger partial charge in [0.2, 0.25) is 0 Å². The lowest BCUT2D eigenvalue weighted by atomic mass is 10.00. The molecule has 0 aliphatic rings. The number of halogens is 1. The third-order valence-corrected chi connectivity index (χ3v) is 5.19. The summed E-state index contributed by atoms with van der Waals surface area (Å²) in [5.74, 6) is 0.564. The summed E-state index contributed by atoms with van der Waals surface area (Å²) in [5.41, 5.74) is 6.21. The minimum absolute atomic E-state index is 0.229. The monoisotopic (exact) mass is 389 g/mol. The van der Waals surface area contributed by atoms with Gasteiger partial charge in [-0.2, -0.15) is 5.10 Å². The predicted molar refractivity (Wildman–Crippen MR) is 113 cm³/mol. The van der Waals surface area contributed by atoms with Gasteiger partial charge in [0.25, 0.3) is 0 Å². The molecule has 4 aromatic rings. The normalized spacial score (nSPS) is 11.3. The van der Waals surface area contributed by atoms with Gasteiger partial charge in [-0.15, -0.1) is 0 Å². The summed E-state index contributed by atoms with van der Waals surface area (Å²) in [5, 5.41) is 4.67. The van der Waals surface area contributed by atoms with Crippen molar-refractivity contribution < 1.29 is 8.81 Å². The Bertz CT molecular complexity index is 1100. The molecular weight excluding hydrogens is 365 g/mol. The van der Waals surface area contributed by atoms with Crippen LogP contribution in [0.15, 0.2) is 71.5 Å². The highest BCUT2D eigenvalue weighted by atomic mass is 19.1. The van der Waals surface area contributed by atoms with Gasteiger partial charge in [0.1, 0.15) is 11.5 Å². The number of aryl methyl sites for hydroxylation is 1. The Labute approximate surface area is 170 Å². The second kappa shape index (κ2) is 8.05. The Morgan fingerprint density at radius 3 is 2.55 bits per heavy atom. The Kier molecular flexibility index (Phi) is 5.32. The minimum Gasteiger partial charge on any atom is -0.463 e. The standard InChI is InChI=1S/C24H24FN3O/c1-4-27(3)16-19-15-26-28(24(19)23-6-5-13-29-23)21-11-12-22(17(2)14-21)18-7-9-20(25)10-8-18/h5-15H,4,16H2,1-3H3. The first kappa shape index (κ1) is 19.2. The van der Waals surface area contributed by atoms with Gasteiger partial charge in [-0.1, -0.05) is 25.1 Å². The second-order valence-electron chi connectivity index (χ2n) is 7.24. The van der Waals surface area contributed by atoms with Crippen LogP contribution in [-0.2, 0) is 6.54 Å². The molecule has 0 atom stereocenters. The zero-order chi connectivity index (χ0) is 20.4. The van der Waals surface area contributed by atoms with E-state index in [0.717, 1.165) is 52.5 Å². The molecule has 0 amide bonds. The fraction of sp³-hybridized carbons (Fsp3) is 0.208. The van der Waals surface area contributed by atoms with E-state index in [1.165, 1.54) is 12.1 Å². The number of rotatable bonds is 6. The molecule has 4 nitrogen and oxygen atoms in total. The third kappa shape index (κ3) is 3.87. The number of nitrogens with zero attached hydrogens (tertiary/aromatic N) is 3. The van der Waals surface area contributed by atoms with Crippen LogP contribution < -0.4 is 0 Å². The second-order valence-corrected chi connectivity index (χ2v) is 7.24. The van der Waals surface area contributed by atoms with Gasteiger partial charge in [0, 0.05) is 12.1 Å². The highest BCUT2D eigenvalue weighted by Gasteiger charge is 2.18.